The highest BCUT2D eigenvalue weighted by molar-refractivity contribution is 5.97. The Hall–Kier alpha value is -2.66. The molecule has 0 aromatic heterocycles. The number of hydrogen-bond acceptors (Lipinski definition) is 3. The van der Waals surface area contributed by atoms with Crippen LogP contribution in [0.15, 0.2) is 54.6 Å². The van der Waals surface area contributed by atoms with Gasteiger partial charge >= 0.3 is 0 Å². The van der Waals surface area contributed by atoms with Crippen molar-refractivity contribution in [3.05, 3.63) is 65.7 Å². The lowest BCUT2D eigenvalue weighted by molar-refractivity contribution is -0.115. The first-order valence-electron chi connectivity index (χ1n) is 8.00. The first-order valence-corrected chi connectivity index (χ1v) is 8.00. The third-order valence-electron chi connectivity index (χ3n) is 3.38. The number of carbonyl (C=O) groups excluding carboxylic acids is 2. The maximum absolute atomic E-state index is 12.2. The Balaban J connectivity index is 1.91. The van der Waals surface area contributed by atoms with E-state index in [0.29, 0.717) is 17.8 Å². The van der Waals surface area contributed by atoms with Gasteiger partial charge in [-0.3, -0.25) is 9.59 Å². The minimum atomic E-state index is -0.171. The van der Waals surface area contributed by atoms with Crippen LogP contribution in [-0.4, -0.2) is 24.4 Å². The first kappa shape index (κ1) is 17.7. The van der Waals surface area contributed by atoms with E-state index < -0.39 is 0 Å². The van der Waals surface area contributed by atoms with Crippen LogP contribution < -0.4 is 16.0 Å². The Morgan fingerprint density at radius 3 is 2.46 bits per heavy atom. The quantitative estimate of drug-likeness (QED) is 0.733. The van der Waals surface area contributed by atoms with Gasteiger partial charge in [0.2, 0.25) is 5.91 Å². The van der Waals surface area contributed by atoms with E-state index in [4.69, 9.17) is 0 Å². The number of benzene rings is 2. The molecule has 2 aromatic rings. The van der Waals surface area contributed by atoms with E-state index in [-0.39, 0.29) is 24.4 Å². The molecule has 24 heavy (non-hydrogen) atoms. The topological polar surface area (TPSA) is 70.2 Å². The molecule has 0 atom stereocenters. The predicted octanol–water partition coefficient (Wildman–Crippen LogP) is 2.55. The van der Waals surface area contributed by atoms with Crippen LogP contribution >= 0.6 is 0 Å². The van der Waals surface area contributed by atoms with Crippen LogP contribution in [0.2, 0.25) is 0 Å². The summed E-state index contributed by atoms with van der Waals surface area (Å²) in [4.78, 5) is 24.1. The van der Waals surface area contributed by atoms with Crippen LogP contribution in [0.25, 0.3) is 0 Å². The molecule has 0 aliphatic heterocycles. The zero-order valence-electron chi connectivity index (χ0n) is 14.0. The molecular formula is C19H23N3O2. The SMILES string of the molecule is CC(C)NCC(=O)Nc1cccc(C(=O)NCc2ccccc2)c1. The van der Waals surface area contributed by atoms with Gasteiger partial charge in [0.1, 0.15) is 0 Å². The molecule has 0 bridgehead atoms. The van der Waals surface area contributed by atoms with E-state index in [1.54, 1.807) is 24.3 Å². The average molecular weight is 325 g/mol. The van der Waals surface area contributed by atoms with Crippen molar-refractivity contribution in [2.45, 2.75) is 26.4 Å². The molecule has 126 valence electrons. The van der Waals surface area contributed by atoms with Crippen molar-refractivity contribution in [2.24, 2.45) is 0 Å². The molecule has 5 heteroatoms. The Labute approximate surface area is 142 Å². The van der Waals surface area contributed by atoms with Gasteiger partial charge in [-0.05, 0) is 23.8 Å². The predicted molar refractivity (Wildman–Crippen MR) is 95.8 cm³/mol. The fourth-order valence-corrected chi connectivity index (χ4v) is 2.12. The molecule has 0 saturated carbocycles. The zero-order valence-corrected chi connectivity index (χ0v) is 14.0. The van der Waals surface area contributed by atoms with Gasteiger partial charge in [0.05, 0.1) is 6.54 Å². The Morgan fingerprint density at radius 1 is 1.00 bits per heavy atom. The molecule has 0 heterocycles. The number of nitrogens with one attached hydrogen (secondary N) is 3. The maximum atomic E-state index is 12.2. The van der Waals surface area contributed by atoms with Gasteiger partial charge in [-0.1, -0.05) is 50.2 Å². The standard InChI is InChI=1S/C19H23N3O2/c1-14(2)20-13-18(23)22-17-10-6-9-16(11-17)19(24)21-12-15-7-4-3-5-8-15/h3-11,14,20H,12-13H2,1-2H3,(H,21,24)(H,22,23). The van der Waals surface area contributed by atoms with Crippen LogP contribution in [0.1, 0.15) is 29.8 Å². The minimum absolute atomic E-state index is 0.134. The van der Waals surface area contributed by atoms with Gasteiger partial charge in [0, 0.05) is 23.8 Å². The molecule has 0 fully saturated rings. The van der Waals surface area contributed by atoms with Crippen molar-refractivity contribution >= 4 is 17.5 Å². The van der Waals surface area contributed by atoms with Crippen LogP contribution in [0.3, 0.4) is 0 Å². The highest BCUT2D eigenvalue weighted by Gasteiger charge is 2.08. The smallest absolute Gasteiger partial charge is 0.251 e. The molecule has 0 aliphatic carbocycles. The second-order valence-corrected chi connectivity index (χ2v) is 5.83. The van der Waals surface area contributed by atoms with Crippen molar-refractivity contribution in [3.8, 4) is 0 Å². The summed E-state index contributed by atoms with van der Waals surface area (Å²) in [6.45, 7) is 4.66. The molecule has 2 aromatic carbocycles. The lowest BCUT2D eigenvalue weighted by atomic mass is 10.1. The number of amides is 2. The lowest BCUT2D eigenvalue weighted by Crippen LogP contribution is -2.32. The highest BCUT2D eigenvalue weighted by atomic mass is 16.2. The van der Waals surface area contributed by atoms with Crippen molar-refractivity contribution in [1.29, 1.82) is 0 Å². The molecule has 2 rings (SSSR count). The third kappa shape index (κ3) is 5.85. The summed E-state index contributed by atoms with van der Waals surface area (Å²) in [6.07, 6.45) is 0. The summed E-state index contributed by atoms with van der Waals surface area (Å²) in [6, 6.07) is 16.9. The molecule has 0 spiro atoms. The second-order valence-electron chi connectivity index (χ2n) is 5.83. The van der Waals surface area contributed by atoms with Crippen molar-refractivity contribution in [3.63, 3.8) is 0 Å². The molecular weight excluding hydrogens is 302 g/mol. The maximum Gasteiger partial charge on any atom is 0.251 e. The largest absolute Gasteiger partial charge is 0.348 e. The Morgan fingerprint density at radius 2 is 1.75 bits per heavy atom. The van der Waals surface area contributed by atoms with Gasteiger partial charge in [-0.15, -0.1) is 0 Å². The van der Waals surface area contributed by atoms with Gasteiger partial charge in [-0.2, -0.15) is 0 Å². The van der Waals surface area contributed by atoms with Gasteiger partial charge in [0.25, 0.3) is 5.91 Å². The van der Waals surface area contributed by atoms with Crippen LogP contribution in [0.5, 0.6) is 0 Å². The van der Waals surface area contributed by atoms with Crippen LogP contribution in [0, 0.1) is 0 Å². The number of hydrogen-bond donors (Lipinski definition) is 3. The number of rotatable bonds is 7. The van der Waals surface area contributed by atoms with E-state index in [9.17, 15) is 9.59 Å². The summed E-state index contributed by atoms with van der Waals surface area (Å²) in [5, 5.41) is 8.71. The van der Waals surface area contributed by atoms with Gasteiger partial charge in [0.15, 0.2) is 0 Å². The van der Waals surface area contributed by atoms with E-state index in [2.05, 4.69) is 16.0 Å². The molecule has 2 amide bonds. The number of anilines is 1. The fraction of sp³-hybridized carbons (Fsp3) is 0.263. The molecule has 0 radical (unpaired) electrons. The lowest BCUT2D eigenvalue weighted by Gasteiger charge is -2.10. The molecule has 0 unspecified atom stereocenters. The van der Waals surface area contributed by atoms with Crippen molar-refractivity contribution in [1.82, 2.24) is 10.6 Å². The summed E-state index contributed by atoms with van der Waals surface area (Å²) in [5.41, 5.74) is 2.16. The zero-order chi connectivity index (χ0) is 17.4. The van der Waals surface area contributed by atoms with Gasteiger partial charge in [-0.25, -0.2) is 0 Å². The fourth-order valence-electron chi connectivity index (χ4n) is 2.12. The Kier molecular flexibility index (Phi) is 6.51. The Bertz CT molecular complexity index is 684. The van der Waals surface area contributed by atoms with Crippen LogP contribution in [0.4, 0.5) is 5.69 Å². The highest BCUT2D eigenvalue weighted by Crippen LogP contribution is 2.11. The molecule has 3 N–H and O–H groups in total. The average Bonchev–Trinajstić information content (AvgIpc) is 2.59. The normalized spacial score (nSPS) is 10.5. The van der Waals surface area contributed by atoms with Crippen LogP contribution in [-0.2, 0) is 11.3 Å². The third-order valence-corrected chi connectivity index (χ3v) is 3.38. The summed E-state index contributed by atoms with van der Waals surface area (Å²) >= 11 is 0. The van der Waals surface area contributed by atoms with E-state index >= 15 is 0 Å². The summed E-state index contributed by atoms with van der Waals surface area (Å²) in [5.74, 6) is -0.305. The minimum Gasteiger partial charge on any atom is -0.348 e. The molecule has 5 nitrogen and oxygen atoms in total. The summed E-state index contributed by atoms with van der Waals surface area (Å²) in [7, 11) is 0. The number of carbonyl (C=O) groups is 2. The van der Waals surface area contributed by atoms with E-state index in [1.165, 1.54) is 0 Å². The second kappa shape index (κ2) is 8.84. The molecule has 0 saturated heterocycles. The summed E-state index contributed by atoms with van der Waals surface area (Å²) < 4.78 is 0. The van der Waals surface area contributed by atoms with Crippen molar-refractivity contribution < 1.29 is 9.59 Å². The van der Waals surface area contributed by atoms with Crippen molar-refractivity contribution in [2.75, 3.05) is 11.9 Å². The monoisotopic (exact) mass is 325 g/mol. The first-order chi connectivity index (χ1) is 11.5. The van der Waals surface area contributed by atoms with E-state index in [1.807, 2.05) is 44.2 Å². The van der Waals surface area contributed by atoms with Gasteiger partial charge < -0.3 is 16.0 Å². The van der Waals surface area contributed by atoms with E-state index in [0.717, 1.165) is 5.56 Å². The molecule has 0 aliphatic rings.